The maximum absolute atomic E-state index is 13.5. The van der Waals surface area contributed by atoms with Crippen molar-refractivity contribution < 1.29 is 9.53 Å². The first-order valence-electron chi connectivity index (χ1n) is 9.20. The van der Waals surface area contributed by atoms with Crippen LogP contribution in [-0.4, -0.2) is 56.6 Å². The predicted molar refractivity (Wildman–Crippen MR) is 100 cm³/mol. The Kier molecular flexibility index (Phi) is 6.81. The molecule has 1 heterocycles. The van der Waals surface area contributed by atoms with Crippen LogP contribution in [0.3, 0.4) is 0 Å². The first-order valence-corrected chi connectivity index (χ1v) is 9.20. The summed E-state index contributed by atoms with van der Waals surface area (Å²) in [5, 5.41) is 0. The van der Waals surface area contributed by atoms with Crippen LogP contribution < -0.4 is 4.90 Å². The SMILES string of the molecule is CCCCC(CC)(C(=O)c1ccc(N(C)C)cc1)N1CCOCC1. The number of nitrogens with zero attached hydrogens (tertiary/aromatic N) is 2. The Morgan fingerprint density at radius 1 is 1.17 bits per heavy atom. The number of rotatable bonds is 8. The minimum atomic E-state index is -0.389. The van der Waals surface area contributed by atoms with Crippen LogP contribution in [0.25, 0.3) is 0 Å². The summed E-state index contributed by atoms with van der Waals surface area (Å²) in [6.07, 6.45) is 3.96. The van der Waals surface area contributed by atoms with Crippen LogP contribution >= 0.6 is 0 Å². The number of anilines is 1. The van der Waals surface area contributed by atoms with Gasteiger partial charge in [-0.2, -0.15) is 0 Å². The lowest BCUT2D eigenvalue weighted by atomic mass is 9.80. The normalized spacial score (nSPS) is 18.2. The lowest BCUT2D eigenvalue weighted by molar-refractivity contribution is -0.0195. The summed E-state index contributed by atoms with van der Waals surface area (Å²) in [6.45, 7) is 7.48. The minimum absolute atomic E-state index is 0.269. The van der Waals surface area contributed by atoms with Gasteiger partial charge in [-0.1, -0.05) is 26.7 Å². The number of carbonyl (C=O) groups is 1. The Morgan fingerprint density at radius 2 is 1.79 bits per heavy atom. The van der Waals surface area contributed by atoms with Gasteiger partial charge in [-0.25, -0.2) is 0 Å². The number of Topliss-reactive ketones (excluding diaryl/α,β-unsaturated/α-hetero) is 1. The lowest BCUT2D eigenvalue weighted by Crippen LogP contribution is -2.58. The second kappa shape index (κ2) is 8.63. The van der Waals surface area contributed by atoms with Crippen LogP contribution in [0.1, 0.15) is 49.9 Å². The Labute approximate surface area is 146 Å². The molecule has 1 fully saturated rings. The molecule has 0 aromatic heterocycles. The van der Waals surface area contributed by atoms with Gasteiger partial charge in [-0.05, 0) is 37.1 Å². The zero-order valence-electron chi connectivity index (χ0n) is 15.7. The molecule has 134 valence electrons. The molecule has 1 aliphatic rings. The zero-order chi connectivity index (χ0) is 17.6. The average molecular weight is 332 g/mol. The molecule has 0 spiro atoms. The van der Waals surface area contributed by atoms with Crippen LogP contribution in [-0.2, 0) is 4.74 Å². The smallest absolute Gasteiger partial charge is 0.183 e. The summed E-state index contributed by atoms with van der Waals surface area (Å²) >= 11 is 0. The fourth-order valence-electron chi connectivity index (χ4n) is 3.62. The van der Waals surface area contributed by atoms with Crippen molar-refractivity contribution in [2.24, 2.45) is 0 Å². The highest BCUT2D eigenvalue weighted by Crippen LogP contribution is 2.32. The summed E-state index contributed by atoms with van der Waals surface area (Å²) in [4.78, 5) is 17.9. The second-order valence-corrected chi connectivity index (χ2v) is 6.86. The third-order valence-corrected chi connectivity index (χ3v) is 5.21. The Morgan fingerprint density at radius 3 is 2.29 bits per heavy atom. The van der Waals surface area contributed by atoms with E-state index in [4.69, 9.17) is 4.74 Å². The van der Waals surface area contributed by atoms with Crippen LogP contribution in [0.2, 0.25) is 0 Å². The summed E-state index contributed by atoms with van der Waals surface area (Å²) < 4.78 is 5.51. The molecule has 4 nitrogen and oxygen atoms in total. The molecule has 0 radical (unpaired) electrons. The molecule has 1 aromatic rings. The van der Waals surface area contributed by atoms with Crippen molar-refractivity contribution in [3.05, 3.63) is 29.8 Å². The van der Waals surface area contributed by atoms with E-state index in [-0.39, 0.29) is 11.3 Å². The van der Waals surface area contributed by atoms with E-state index in [1.807, 2.05) is 38.4 Å². The highest BCUT2D eigenvalue weighted by atomic mass is 16.5. The minimum Gasteiger partial charge on any atom is -0.379 e. The largest absolute Gasteiger partial charge is 0.379 e. The van der Waals surface area contributed by atoms with Crippen LogP contribution in [0.15, 0.2) is 24.3 Å². The zero-order valence-corrected chi connectivity index (χ0v) is 15.7. The van der Waals surface area contributed by atoms with Gasteiger partial charge in [0.15, 0.2) is 5.78 Å². The van der Waals surface area contributed by atoms with Crippen molar-refractivity contribution in [3.8, 4) is 0 Å². The molecular formula is C20H32N2O2. The van der Waals surface area contributed by atoms with Gasteiger partial charge in [0.05, 0.1) is 18.8 Å². The van der Waals surface area contributed by atoms with Gasteiger partial charge in [0.1, 0.15) is 0 Å². The standard InChI is InChI=1S/C20H32N2O2/c1-5-7-12-20(6-2,22-13-15-24-16-14-22)19(23)17-8-10-18(11-9-17)21(3)4/h8-11H,5-7,12-16H2,1-4H3. The fraction of sp³-hybridized carbons (Fsp3) is 0.650. The van der Waals surface area contributed by atoms with E-state index in [0.717, 1.165) is 63.2 Å². The molecule has 0 saturated carbocycles. The number of ketones is 1. The van der Waals surface area contributed by atoms with Gasteiger partial charge in [-0.3, -0.25) is 9.69 Å². The molecule has 1 atom stereocenters. The molecule has 0 bridgehead atoms. The van der Waals surface area contributed by atoms with Crippen LogP contribution in [0.5, 0.6) is 0 Å². The molecular weight excluding hydrogens is 300 g/mol. The Balaban J connectivity index is 2.31. The average Bonchev–Trinajstić information content (AvgIpc) is 2.63. The van der Waals surface area contributed by atoms with Gasteiger partial charge in [0.2, 0.25) is 0 Å². The van der Waals surface area contributed by atoms with E-state index >= 15 is 0 Å². The Bertz CT molecular complexity index is 521. The van der Waals surface area contributed by atoms with E-state index in [1.165, 1.54) is 0 Å². The van der Waals surface area contributed by atoms with Gasteiger partial charge < -0.3 is 9.64 Å². The van der Waals surface area contributed by atoms with Crippen LogP contribution in [0.4, 0.5) is 5.69 Å². The van der Waals surface area contributed by atoms with E-state index in [1.54, 1.807) is 0 Å². The monoisotopic (exact) mass is 332 g/mol. The summed E-state index contributed by atoms with van der Waals surface area (Å²) in [7, 11) is 4.03. The molecule has 0 N–H and O–H groups in total. The van der Waals surface area contributed by atoms with Gasteiger partial charge >= 0.3 is 0 Å². The highest BCUT2D eigenvalue weighted by molar-refractivity contribution is 6.03. The number of unbranched alkanes of at least 4 members (excludes halogenated alkanes) is 1. The van der Waals surface area contributed by atoms with Crippen molar-refractivity contribution in [1.29, 1.82) is 0 Å². The summed E-state index contributed by atoms with van der Waals surface area (Å²) in [6, 6.07) is 8.03. The molecule has 0 amide bonds. The van der Waals surface area contributed by atoms with E-state index in [2.05, 4.69) is 23.6 Å². The summed E-state index contributed by atoms with van der Waals surface area (Å²) in [5.41, 5.74) is 1.55. The topological polar surface area (TPSA) is 32.8 Å². The van der Waals surface area contributed by atoms with E-state index in [9.17, 15) is 4.79 Å². The third-order valence-electron chi connectivity index (χ3n) is 5.21. The quantitative estimate of drug-likeness (QED) is 0.681. The maximum atomic E-state index is 13.5. The predicted octanol–water partition coefficient (Wildman–Crippen LogP) is 3.61. The van der Waals surface area contributed by atoms with Gasteiger partial charge in [0.25, 0.3) is 0 Å². The molecule has 1 aromatic carbocycles. The van der Waals surface area contributed by atoms with E-state index in [0.29, 0.717) is 0 Å². The van der Waals surface area contributed by atoms with Gasteiger partial charge in [-0.15, -0.1) is 0 Å². The molecule has 1 aliphatic heterocycles. The van der Waals surface area contributed by atoms with E-state index < -0.39 is 0 Å². The van der Waals surface area contributed by atoms with Crippen molar-refractivity contribution in [3.63, 3.8) is 0 Å². The first-order chi connectivity index (χ1) is 11.5. The molecule has 1 saturated heterocycles. The van der Waals surface area contributed by atoms with Crippen molar-refractivity contribution in [1.82, 2.24) is 4.90 Å². The fourth-order valence-corrected chi connectivity index (χ4v) is 3.62. The number of hydrogen-bond donors (Lipinski definition) is 0. The number of morpholine rings is 1. The molecule has 4 heteroatoms. The number of carbonyl (C=O) groups excluding carboxylic acids is 1. The highest BCUT2D eigenvalue weighted by Gasteiger charge is 2.42. The molecule has 1 unspecified atom stereocenters. The molecule has 2 rings (SSSR count). The van der Waals surface area contributed by atoms with Crippen molar-refractivity contribution >= 4 is 11.5 Å². The Hall–Kier alpha value is -1.39. The maximum Gasteiger partial charge on any atom is 0.183 e. The third kappa shape index (κ3) is 3.98. The number of benzene rings is 1. The van der Waals surface area contributed by atoms with Crippen molar-refractivity contribution in [2.75, 3.05) is 45.3 Å². The van der Waals surface area contributed by atoms with Gasteiger partial charge in [0, 0.05) is 38.4 Å². The number of hydrogen-bond acceptors (Lipinski definition) is 4. The molecule has 0 aliphatic carbocycles. The summed E-state index contributed by atoms with van der Waals surface area (Å²) in [5.74, 6) is 0.269. The lowest BCUT2D eigenvalue weighted by Gasteiger charge is -2.44. The second-order valence-electron chi connectivity index (χ2n) is 6.86. The van der Waals surface area contributed by atoms with Crippen LogP contribution in [0, 0.1) is 0 Å². The van der Waals surface area contributed by atoms with Crippen molar-refractivity contribution in [2.45, 2.75) is 45.1 Å². The first kappa shape index (κ1) is 18.9. The number of ether oxygens (including phenoxy) is 1. The molecule has 24 heavy (non-hydrogen) atoms.